The molecule has 0 saturated heterocycles. The number of primary amides is 1. The lowest BCUT2D eigenvalue weighted by atomic mass is 10.1. The van der Waals surface area contributed by atoms with Crippen LogP contribution in [-0.4, -0.2) is 15.9 Å². The number of rotatable bonds is 3. The van der Waals surface area contributed by atoms with Crippen LogP contribution in [0.5, 0.6) is 0 Å². The van der Waals surface area contributed by atoms with Crippen LogP contribution in [0.4, 0.5) is 0 Å². The van der Waals surface area contributed by atoms with E-state index in [4.69, 9.17) is 5.73 Å². The van der Waals surface area contributed by atoms with Crippen LogP contribution in [0.3, 0.4) is 0 Å². The minimum absolute atomic E-state index is 0.351. The van der Waals surface area contributed by atoms with Gasteiger partial charge in [0.05, 0.1) is 17.0 Å². The number of hydrogen-bond donors (Lipinski definition) is 1. The first-order chi connectivity index (χ1) is 8.27. The van der Waals surface area contributed by atoms with E-state index in [-0.39, 0.29) is 0 Å². The summed E-state index contributed by atoms with van der Waals surface area (Å²) in [4.78, 5) is 19.6. The Morgan fingerprint density at radius 1 is 1.06 bits per heavy atom. The Hall–Kier alpha value is -2.49. The average Bonchev–Trinajstić information content (AvgIpc) is 2.38. The Bertz CT molecular complexity index is 535. The molecule has 0 aliphatic rings. The van der Waals surface area contributed by atoms with Gasteiger partial charge in [-0.1, -0.05) is 12.1 Å². The Morgan fingerprint density at radius 2 is 1.76 bits per heavy atom. The molecule has 0 fully saturated rings. The van der Waals surface area contributed by atoms with Gasteiger partial charge in [-0.05, 0) is 30.3 Å². The van der Waals surface area contributed by atoms with Gasteiger partial charge >= 0.3 is 0 Å². The van der Waals surface area contributed by atoms with Gasteiger partial charge < -0.3 is 5.73 Å². The zero-order chi connectivity index (χ0) is 12.1. The van der Waals surface area contributed by atoms with Crippen LogP contribution in [0.15, 0.2) is 48.8 Å². The summed E-state index contributed by atoms with van der Waals surface area (Å²) in [6.07, 6.45) is 4.90. The van der Waals surface area contributed by atoms with Crippen molar-refractivity contribution in [3.05, 3.63) is 60.2 Å². The van der Waals surface area contributed by atoms with Crippen LogP contribution in [0, 0.1) is 0 Å². The third-order valence-corrected chi connectivity index (χ3v) is 2.19. The van der Waals surface area contributed by atoms with Crippen molar-refractivity contribution in [3.63, 3.8) is 0 Å². The summed E-state index contributed by atoms with van der Waals surface area (Å²) in [5, 5.41) is 0. The van der Waals surface area contributed by atoms with Gasteiger partial charge in [0.2, 0.25) is 0 Å². The molecule has 2 aromatic rings. The molecule has 1 amide bonds. The number of nitrogens with two attached hydrogens (primary N) is 1. The van der Waals surface area contributed by atoms with Gasteiger partial charge in [-0.15, -0.1) is 0 Å². The third kappa shape index (κ3) is 2.75. The Labute approximate surface area is 98.8 Å². The van der Waals surface area contributed by atoms with Gasteiger partial charge in [0, 0.05) is 12.4 Å². The molecule has 2 aromatic heterocycles. The largest absolute Gasteiger partial charge is 0.366 e. The summed E-state index contributed by atoms with van der Waals surface area (Å²) in [6, 6.07) is 10.8. The van der Waals surface area contributed by atoms with Crippen LogP contribution in [0.2, 0.25) is 0 Å². The molecule has 0 saturated carbocycles. The minimum Gasteiger partial charge on any atom is -0.366 e. The molecule has 0 unspecified atom stereocenters. The van der Waals surface area contributed by atoms with E-state index in [0.29, 0.717) is 17.0 Å². The third-order valence-electron chi connectivity index (χ3n) is 2.19. The Morgan fingerprint density at radius 3 is 2.29 bits per heavy atom. The van der Waals surface area contributed by atoms with Crippen molar-refractivity contribution in [2.45, 2.75) is 0 Å². The van der Waals surface area contributed by atoms with E-state index in [2.05, 4.69) is 9.97 Å². The highest BCUT2D eigenvalue weighted by molar-refractivity contribution is 6.22. The number of amides is 1. The average molecular weight is 225 g/mol. The topological polar surface area (TPSA) is 68.9 Å². The number of carbonyl (C=O) groups excluding carboxylic acids is 1. The van der Waals surface area contributed by atoms with Crippen molar-refractivity contribution in [2.24, 2.45) is 5.73 Å². The summed E-state index contributed by atoms with van der Waals surface area (Å²) in [6.45, 7) is 0. The van der Waals surface area contributed by atoms with Gasteiger partial charge in [0.15, 0.2) is 0 Å². The van der Waals surface area contributed by atoms with E-state index in [1.807, 2.05) is 12.1 Å². The normalized spacial score (nSPS) is 11.2. The van der Waals surface area contributed by atoms with E-state index in [1.165, 1.54) is 0 Å². The van der Waals surface area contributed by atoms with Crippen LogP contribution in [-0.2, 0) is 4.79 Å². The molecule has 2 heterocycles. The second-order valence-corrected chi connectivity index (χ2v) is 3.39. The molecule has 0 aromatic carbocycles. The standard InChI is InChI=1S/C13H11N3O/c14-13(17)11(12-6-2-4-8-16-12)9-10-5-1-3-7-15-10/h1-9H,(H2,14,17). The molecule has 0 atom stereocenters. The van der Waals surface area contributed by atoms with Gasteiger partial charge in [0.25, 0.3) is 5.91 Å². The number of carbonyl (C=O) groups is 1. The maximum Gasteiger partial charge on any atom is 0.250 e. The summed E-state index contributed by atoms with van der Waals surface area (Å²) in [5.74, 6) is -0.519. The number of nitrogens with zero attached hydrogens (tertiary/aromatic N) is 2. The van der Waals surface area contributed by atoms with Crippen molar-refractivity contribution in [1.29, 1.82) is 0 Å². The zero-order valence-electron chi connectivity index (χ0n) is 9.08. The molecule has 17 heavy (non-hydrogen) atoms. The monoisotopic (exact) mass is 225 g/mol. The lowest BCUT2D eigenvalue weighted by molar-refractivity contribution is -0.112. The van der Waals surface area contributed by atoms with E-state index in [9.17, 15) is 4.79 Å². The fourth-order valence-corrected chi connectivity index (χ4v) is 1.40. The summed E-state index contributed by atoms with van der Waals surface area (Å²) >= 11 is 0. The van der Waals surface area contributed by atoms with E-state index >= 15 is 0 Å². The van der Waals surface area contributed by atoms with Crippen LogP contribution < -0.4 is 5.73 Å². The molecule has 2 rings (SSSR count). The second kappa shape index (κ2) is 5.03. The molecular formula is C13H11N3O. The lowest BCUT2D eigenvalue weighted by Crippen LogP contribution is -2.13. The molecule has 0 aliphatic heterocycles. The summed E-state index contributed by atoms with van der Waals surface area (Å²) in [5.41, 5.74) is 6.91. The summed E-state index contributed by atoms with van der Waals surface area (Å²) < 4.78 is 0. The van der Waals surface area contributed by atoms with Crippen LogP contribution >= 0.6 is 0 Å². The van der Waals surface area contributed by atoms with Crippen LogP contribution in [0.25, 0.3) is 11.6 Å². The fraction of sp³-hybridized carbons (Fsp3) is 0. The predicted molar refractivity (Wildman–Crippen MR) is 65.5 cm³/mol. The SMILES string of the molecule is NC(=O)C(=Cc1ccccn1)c1ccccn1. The fourth-order valence-electron chi connectivity index (χ4n) is 1.40. The highest BCUT2D eigenvalue weighted by atomic mass is 16.1. The molecule has 2 N–H and O–H groups in total. The molecule has 84 valence electrons. The van der Waals surface area contributed by atoms with Crippen molar-refractivity contribution in [1.82, 2.24) is 9.97 Å². The minimum atomic E-state index is -0.519. The van der Waals surface area contributed by atoms with Crippen molar-refractivity contribution in [2.75, 3.05) is 0 Å². The first kappa shape index (κ1) is 11.0. The van der Waals surface area contributed by atoms with Crippen molar-refractivity contribution in [3.8, 4) is 0 Å². The molecule has 0 spiro atoms. The first-order valence-corrected chi connectivity index (χ1v) is 5.11. The second-order valence-electron chi connectivity index (χ2n) is 3.39. The molecule has 0 radical (unpaired) electrons. The molecule has 4 nitrogen and oxygen atoms in total. The Kier molecular flexibility index (Phi) is 3.25. The highest BCUT2D eigenvalue weighted by Gasteiger charge is 2.09. The quantitative estimate of drug-likeness (QED) is 0.805. The number of hydrogen-bond acceptors (Lipinski definition) is 3. The van der Waals surface area contributed by atoms with Gasteiger partial charge in [-0.2, -0.15) is 0 Å². The van der Waals surface area contributed by atoms with Crippen molar-refractivity contribution < 1.29 is 4.79 Å². The van der Waals surface area contributed by atoms with Gasteiger partial charge in [-0.25, -0.2) is 0 Å². The van der Waals surface area contributed by atoms with E-state index in [1.54, 1.807) is 42.7 Å². The smallest absolute Gasteiger partial charge is 0.250 e. The highest BCUT2D eigenvalue weighted by Crippen LogP contribution is 2.14. The van der Waals surface area contributed by atoms with Gasteiger partial charge in [-0.3, -0.25) is 14.8 Å². The summed E-state index contributed by atoms with van der Waals surface area (Å²) in [7, 11) is 0. The maximum atomic E-state index is 11.4. The molecular weight excluding hydrogens is 214 g/mol. The first-order valence-electron chi connectivity index (χ1n) is 5.11. The molecule has 0 aliphatic carbocycles. The van der Waals surface area contributed by atoms with Crippen molar-refractivity contribution >= 4 is 17.6 Å². The predicted octanol–water partition coefficient (Wildman–Crippen LogP) is 1.50. The molecule has 0 bridgehead atoms. The van der Waals surface area contributed by atoms with Gasteiger partial charge in [0.1, 0.15) is 0 Å². The van der Waals surface area contributed by atoms with E-state index in [0.717, 1.165) is 0 Å². The Balaban J connectivity index is 2.44. The maximum absolute atomic E-state index is 11.4. The number of aromatic nitrogens is 2. The molecule has 4 heteroatoms. The van der Waals surface area contributed by atoms with Crippen LogP contribution in [0.1, 0.15) is 11.4 Å². The lowest BCUT2D eigenvalue weighted by Gasteiger charge is -2.02. The number of pyridine rings is 2. The zero-order valence-corrected chi connectivity index (χ0v) is 9.08. The van der Waals surface area contributed by atoms with E-state index < -0.39 is 5.91 Å².